The topological polar surface area (TPSA) is 70.2 Å². The van der Waals surface area contributed by atoms with E-state index in [1.165, 1.54) is 23.6 Å². The molecule has 2 aliphatic heterocycles. The predicted molar refractivity (Wildman–Crippen MR) is 106 cm³/mol. The third-order valence-corrected chi connectivity index (χ3v) is 8.17. The molecule has 2 heterocycles. The minimum Gasteiger partial charge on any atom is -0.497 e. The fourth-order valence-corrected chi connectivity index (χ4v) is 5.75. The van der Waals surface area contributed by atoms with Crippen molar-refractivity contribution in [3.05, 3.63) is 24.3 Å². The molecule has 0 unspecified atom stereocenters. The summed E-state index contributed by atoms with van der Waals surface area (Å²) in [6.45, 7) is 4.10. The molecular weight excluding hydrogens is 378 g/mol. The van der Waals surface area contributed by atoms with Crippen molar-refractivity contribution >= 4 is 15.9 Å². The smallest absolute Gasteiger partial charge is 0.243 e. The lowest BCUT2D eigenvalue weighted by Gasteiger charge is -2.39. The minimum atomic E-state index is -3.55. The Kier molecular flexibility index (Phi) is 5.62. The molecule has 28 heavy (non-hydrogen) atoms. The second-order valence-electron chi connectivity index (χ2n) is 7.99. The summed E-state index contributed by atoms with van der Waals surface area (Å²) in [4.78, 5) is 17.6. The van der Waals surface area contributed by atoms with Gasteiger partial charge < -0.3 is 9.64 Å². The van der Waals surface area contributed by atoms with E-state index in [0.29, 0.717) is 11.8 Å². The van der Waals surface area contributed by atoms with Crippen LogP contribution in [-0.2, 0) is 14.8 Å². The Morgan fingerprint density at radius 1 is 1.00 bits per heavy atom. The van der Waals surface area contributed by atoms with Gasteiger partial charge in [-0.15, -0.1) is 0 Å². The first kappa shape index (κ1) is 19.7. The van der Waals surface area contributed by atoms with Gasteiger partial charge in [0.25, 0.3) is 0 Å². The number of carbonyl (C=O) groups excluding carboxylic acids is 1. The molecule has 4 rings (SSSR count). The highest BCUT2D eigenvalue weighted by Crippen LogP contribution is 2.29. The average molecular weight is 408 g/mol. The second-order valence-corrected chi connectivity index (χ2v) is 9.93. The number of benzene rings is 1. The molecule has 0 atom stereocenters. The summed E-state index contributed by atoms with van der Waals surface area (Å²) in [5, 5.41) is 0. The summed E-state index contributed by atoms with van der Waals surface area (Å²) in [6, 6.07) is 7.09. The number of ether oxygens (including phenoxy) is 1. The Morgan fingerprint density at radius 2 is 1.71 bits per heavy atom. The van der Waals surface area contributed by atoms with Crippen molar-refractivity contribution < 1.29 is 17.9 Å². The van der Waals surface area contributed by atoms with Crippen molar-refractivity contribution in [2.24, 2.45) is 5.92 Å². The van der Waals surface area contributed by atoms with E-state index < -0.39 is 10.0 Å². The second kappa shape index (κ2) is 8.00. The predicted octanol–water partition coefficient (Wildman–Crippen LogP) is 1.40. The zero-order chi connectivity index (χ0) is 19.7. The molecule has 1 aliphatic carbocycles. The number of amides is 1. The Morgan fingerprint density at radius 3 is 2.32 bits per heavy atom. The first-order chi connectivity index (χ1) is 13.5. The van der Waals surface area contributed by atoms with Crippen LogP contribution in [0.1, 0.15) is 25.7 Å². The van der Waals surface area contributed by atoms with Crippen LogP contribution in [0.25, 0.3) is 0 Å². The standard InChI is InChI=1S/C20H29N3O4S/c1-27-18-6-8-19(9-7-18)28(25,26)23-14-16(15-23)20(24)22-11-3-10-21(12-13-22)17-4-2-5-17/h6-9,16-17H,2-5,10-15H2,1H3. The summed E-state index contributed by atoms with van der Waals surface area (Å²) in [5.74, 6) is 0.507. The molecule has 3 fully saturated rings. The van der Waals surface area contributed by atoms with Crippen molar-refractivity contribution in [2.75, 3.05) is 46.4 Å². The molecule has 0 aromatic heterocycles. The normalized spacial score (nSPS) is 23.0. The number of carbonyl (C=O) groups is 1. The molecule has 7 nitrogen and oxygen atoms in total. The van der Waals surface area contributed by atoms with Crippen LogP contribution in [0.5, 0.6) is 5.75 Å². The average Bonchev–Trinajstić information content (AvgIpc) is 2.85. The van der Waals surface area contributed by atoms with Crippen LogP contribution in [0, 0.1) is 5.92 Å². The van der Waals surface area contributed by atoms with E-state index in [0.717, 1.165) is 32.6 Å². The van der Waals surface area contributed by atoms with Gasteiger partial charge in [0.15, 0.2) is 0 Å². The van der Waals surface area contributed by atoms with E-state index in [1.807, 2.05) is 4.90 Å². The summed E-state index contributed by atoms with van der Waals surface area (Å²) < 4.78 is 31.9. The number of hydrogen-bond donors (Lipinski definition) is 0. The Balaban J connectivity index is 1.31. The molecule has 0 N–H and O–H groups in total. The van der Waals surface area contributed by atoms with Gasteiger partial charge in [0, 0.05) is 45.3 Å². The molecular formula is C20H29N3O4S. The highest BCUT2D eigenvalue weighted by molar-refractivity contribution is 7.89. The van der Waals surface area contributed by atoms with Crippen molar-refractivity contribution in [3.63, 3.8) is 0 Å². The van der Waals surface area contributed by atoms with E-state index in [1.54, 1.807) is 31.4 Å². The molecule has 0 bridgehead atoms. The molecule has 154 valence electrons. The van der Waals surface area contributed by atoms with Gasteiger partial charge in [-0.2, -0.15) is 4.31 Å². The molecule has 3 aliphatic rings. The van der Waals surface area contributed by atoms with Crippen LogP contribution in [0.2, 0.25) is 0 Å². The first-order valence-corrected chi connectivity index (χ1v) is 11.6. The van der Waals surface area contributed by atoms with Crippen LogP contribution in [-0.4, -0.2) is 80.9 Å². The van der Waals surface area contributed by atoms with Gasteiger partial charge in [0.1, 0.15) is 5.75 Å². The van der Waals surface area contributed by atoms with Gasteiger partial charge >= 0.3 is 0 Å². The van der Waals surface area contributed by atoms with Crippen molar-refractivity contribution in [2.45, 2.75) is 36.6 Å². The lowest BCUT2D eigenvalue weighted by molar-refractivity contribution is -0.138. The van der Waals surface area contributed by atoms with E-state index in [2.05, 4.69) is 4.90 Å². The molecule has 1 aromatic rings. The van der Waals surface area contributed by atoms with E-state index in [-0.39, 0.29) is 29.8 Å². The SMILES string of the molecule is COc1ccc(S(=O)(=O)N2CC(C(=O)N3CCCN(C4CCC4)CC3)C2)cc1. The van der Waals surface area contributed by atoms with Crippen molar-refractivity contribution in [1.82, 2.24) is 14.1 Å². The van der Waals surface area contributed by atoms with Gasteiger partial charge in [-0.3, -0.25) is 9.69 Å². The Bertz CT molecular complexity index is 801. The maximum atomic E-state index is 12.9. The van der Waals surface area contributed by atoms with Gasteiger partial charge in [0.2, 0.25) is 15.9 Å². The van der Waals surface area contributed by atoms with E-state index in [9.17, 15) is 13.2 Å². The van der Waals surface area contributed by atoms with Crippen LogP contribution in [0.15, 0.2) is 29.2 Å². The highest BCUT2D eigenvalue weighted by Gasteiger charge is 2.42. The lowest BCUT2D eigenvalue weighted by Crippen LogP contribution is -2.56. The number of methoxy groups -OCH3 is 1. The fourth-order valence-electron chi connectivity index (χ4n) is 4.22. The lowest BCUT2D eigenvalue weighted by atomic mass is 9.91. The fraction of sp³-hybridized carbons (Fsp3) is 0.650. The van der Waals surface area contributed by atoms with Gasteiger partial charge in [0.05, 0.1) is 17.9 Å². The Hall–Kier alpha value is -1.64. The maximum Gasteiger partial charge on any atom is 0.243 e. The number of sulfonamides is 1. The van der Waals surface area contributed by atoms with Crippen LogP contribution < -0.4 is 4.74 Å². The molecule has 2 saturated heterocycles. The number of nitrogens with zero attached hydrogens (tertiary/aromatic N) is 3. The largest absolute Gasteiger partial charge is 0.497 e. The van der Waals surface area contributed by atoms with E-state index in [4.69, 9.17) is 4.74 Å². The quantitative estimate of drug-likeness (QED) is 0.738. The molecule has 0 radical (unpaired) electrons. The summed E-state index contributed by atoms with van der Waals surface area (Å²) in [5.41, 5.74) is 0. The van der Waals surface area contributed by atoms with Gasteiger partial charge in [-0.1, -0.05) is 6.42 Å². The van der Waals surface area contributed by atoms with Crippen LogP contribution in [0.4, 0.5) is 0 Å². The molecule has 1 aromatic carbocycles. The van der Waals surface area contributed by atoms with Crippen LogP contribution in [0.3, 0.4) is 0 Å². The molecule has 1 amide bonds. The van der Waals surface area contributed by atoms with Crippen molar-refractivity contribution in [1.29, 1.82) is 0 Å². The third kappa shape index (κ3) is 3.77. The number of hydrogen-bond acceptors (Lipinski definition) is 5. The summed E-state index contributed by atoms with van der Waals surface area (Å²) >= 11 is 0. The zero-order valence-corrected chi connectivity index (χ0v) is 17.2. The molecule has 1 saturated carbocycles. The third-order valence-electron chi connectivity index (χ3n) is 6.33. The summed E-state index contributed by atoms with van der Waals surface area (Å²) in [7, 11) is -2.00. The zero-order valence-electron chi connectivity index (χ0n) is 16.4. The summed E-state index contributed by atoms with van der Waals surface area (Å²) in [6.07, 6.45) is 4.90. The van der Waals surface area contributed by atoms with Crippen LogP contribution >= 0.6 is 0 Å². The monoisotopic (exact) mass is 407 g/mol. The van der Waals surface area contributed by atoms with Crippen molar-refractivity contribution in [3.8, 4) is 5.75 Å². The number of rotatable bonds is 5. The van der Waals surface area contributed by atoms with Gasteiger partial charge in [-0.05, 0) is 43.5 Å². The van der Waals surface area contributed by atoms with Gasteiger partial charge in [-0.25, -0.2) is 8.42 Å². The minimum absolute atomic E-state index is 0.108. The first-order valence-electron chi connectivity index (χ1n) is 10.2. The van der Waals surface area contributed by atoms with E-state index >= 15 is 0 Å². The maximum absolute atomic E-state index is 12.9. The molecule has 8 heteroatoms. The molecule has 0 spiro atoms. The highest BCUT2D eigenvalue weighted by atomic mass is 32.2. The Labute approximate surface area is 167 Å².